The SMILES string of the molecule is CC1Cc2ccccc2N1CC1CC(C)(C)CCC1O. The summed E-state index contributed by atoms with van der Waals surface area (Å²) in [5, 5.41) is 10.4. The molecule has 1 aliphatic heterocycles. The smallest absolute Gasteiger partial charge is 0.0585 e. The fourth-order valence-corrected chi connectivity index (χ4v) is 4.07. The van der Waals surface area contributed by atoms with Gasteiger partial charge in [-0.15, -0.1) is 0 Å². The maximum absolute atomic E-state index is 10.4. The van der Waals surface area contributed by atoms with E-state index in [-0.39, 0.29) is 6.10 Å². The molecule has 1 saturated carbocycles. The zero-order valence-electron chi connectivity index (χ0n) is 13.0. The molecule has 0 radical (unpaired) electrons. The molecule has 0 bridgehead atoms. The van der Waals surface area contributed by atoms with Crippen molar-refractivity contribution in [2.75, 3.05) is 11.4 Å². The van der Waals surface area contributed by atoms with Crippen molar-refractivity contribution in [3.05, 3.63) is 29.8 Å². The summed E-state index contributed by atoms with van der Waals surface area (Å²) in [5.41, 5.74) is 3.23. The van der Waals surface area contributed by atoms with Crippen molar-refractivity contribution in [3.8, 4) is 0 Å². The summed E-state index contributed by atoms with van der Waals surface area (Å²) in [6.45, 7) is 7.99. The average molecular weight is 273 g/mol. The van der Waals surface area contributed by atoms with Gasteiger partial charge in [0.1, 0.15) is 0 Å². The maximum atomic E-state index is 10.4. The van der Waals surface area contributed by atoms with Crippen LogP contribution in [0.25, 0.3) is 0 Å². The molecule has 1 N–H and O–H groups in total. The second-order valence-corrected chi connectivity index (χ2v) is 7.57. The number of rotatable bonds is 2. The van der Waals surface area contributed by atoms with Gasteiger partial charge in [0.15, 0.2) is 0 Å². The van der Waals surface area contributed by atoms with Crippen LogP contribution in [-0.4, -0.2) is 23.8 Å². The molecule has 0 saturated heterocycles. The highest BCUT2D eigenvalue weighted by atomic mass is 16.3. The lowest BCUT2D eigenvalue weighted by atomic mass is 9.70. The van der Waals surface area contributed by atoms with Gasteiger partial charge in [0.05, 0.1) is 6.10 Å². The minimum Gasteiger partial charge on any atom is -0.393 e. The molecule has 2 nitrogen and oxygen atoms in total. The Hall–Kier alpha value is -1.02. The van der Waals surface area contributed by atoms with Crippen molar-refractivity contribution in [1.82, 2.24) is 0 Å². The second-order valence-electron chi connectivity index (χ2n) is 7.57. The van der Waals surface area contributed by atoms with Gasteiger partial charge in [-0.05, 0) is 49.7 Å². The third-order valence-electron chi connectivity index (χ3n) is 5.26. The number of hydrogen-bond acceptors (Lipinski definition) is 2. The maximum Gasteiger partial charge on any atom is 0.0585 e. The first-order chi connectivity index (χ1) is 9.46. The average Bonchev–Trinajstić information content (AvgIpc) is 2.70. The van der Waals surface area contributed by atoms with Gasteiger partial charge in [-0.3, -0.25) is 0 Å². The Bertz CT molecular complexity index is 482. The molecule has 3 atom stereocenters. The largest absolute Gasteiger partial charge is 0.393 e. The van der Waals surface area contributed by atoms with E-state index in [9.17, 15) is 5.11 Å². The Morgan fingerprint density at radius 1 is 1.30 bits per heavy atom. The van der Waals surface area contributed by atoms with Gasteiger partial charge in [0.2, 0.25) is 0 Å². The topological polar surface area (TPSA) is 23.5 Å². The van der Waals surface area contributed by atoms with Crippen LogP contribution < -0.4 is 4.90 Å². The Morgan fingerprint density at radius 2 is 2.05 bits per heavy atom. The van der Waals surface area contributed by atoms with E-state index in [2.05, 4.69) is 49.9 Å². The van der Waals surface area contributed by atoms with Crippen molar-refractivity contribution >= 4 is 5.69 Å². The van der Waals surface area contributed by atoms with Gasteiger partial charge >= 0.3 is 0 Å². The lowest BCUT2D eigenvalue weighted by Crippen LogP contribution is -2.43. The van der Waals surface area contributed by atoms with Crippen LogP contribution in [0.15, 0.2) is 24.3 Å². The highest BCUT2D eigenvalue weighted by Crippen LogP contribution is 2.41. The molecular weight excluding hydrogens is 246 g/mol. The van der Waals surface area contributed by atoms with Crippen LogP contribution in [0.3, 0.4) is 0 Å². The van der Waals surface area contributed by atoms with Crippen LogP contribution in [-0.2, 0) is 6.42 Å². The molecule has 1 aromatic carbocycles. The summed E-state index contributed by atoms with van der Waals surface area (Å²) in [6, 6.07) is 9.30. The van der Waals surface area contributed by atoms with Crippen LogP contribution in [0.5, 0.6) is 0 Å². The highest BCUT2D eigenvalue weighted by molar-refractivity contribution is 5.59. The molecule has 0 aromatic heterocycles. The normalized spacial score (nSPS) is 32.2. The van der Waals surface area contributed by atoms with E-state index in [0.29, 0.717) is 17.4 Å². The monoisotopic (exact) mass is 273 g/mol. The Labute approximate surface area is 122 Å². The second kappa shape index (κ2) is 5.07. The van der Waals surface area contributed by atoms with Crippen LogP contribution in [0.4, 0.5) is 5.69 Å². The third kappa shape index (κ3) is 2.58. The van der Waals surface area contributed by atoms with Gasteiger partial charge in [-0.2, -0.15) is 0 Å². The molecule has 2 heteroatoms. The quantitative estimate of drug-likeness (QED) is 0.889. The molecule has 20 heavy (non-hydrogen) atoms. The first-order valence-electron chi connectivity index (χ1n) is 7.99. The zero-order chi connectivity index (χ0) is 14.3. The molecule has 3 unspecified atom stereocenters. The summed E-state index contributed by atoms with van der Waals surface area (Å²) in [5.74, 6) is 0.410. The molecule has 1 aromatic rings. The van der Waals surface area contributed by atoms with Gasteiger partial charge in [-0.25, -0.2) is 0 Å². The predicted molar refractivity (Wildman–Crippen MR) is 84.1 cm³/mol. The zero-order valence-corrected chi connectivity index (χ0v) is 13.0. The summed E-state index contributed by atoms with van der Waals surface area (Å²) in [6.07, 6.45) is 4.27. The fraction of sp³-hybridized carbons (Fsp3) is 0.667. The molecule has 1 heterocycles. The molecule has 1 aliphatic carbocycles. The molecule has 1 fully saturated rings. The van der Waals surface area contributed by atoms with Gasteiger partial charge in [0.25, 0.3) is 0 Å². The van der Waals surface area contributed by atoms with E-state index in [1.54, 1.807) is 0 Å². The van der Waals surface area contributed by atoms with E-state index < -0.39 is 0 Å². The lowest BCUT2D eigenvalue weighted by molar-refractivity contribution is 0.0245. The Kier molecular flexibility index (Phi) is 3.53. The minimum absolute atomic E-state index is 0.122. The molecular formula is C18H27NO. The van der Waals surface area contributed by atoms with Crippen LogP contribution >= 0.6 is 0 Å². The van der Waals surface area contributed by atoms with Gasteiger partial charge in [0, 0.05) is 24.2 Å². The van der Waals surface area contributed by atoms with Crippen LogP contribution in [0.2, 0.25) is 0 Å². The lowest BCUT2D eigenvalue weighted by Gasteiger charge is -2.41. The van der Waals surface area contributed by atoms with Crippen molar-refractivity contribution in [1.29, 1.82) is 0 Å². The van der Waals surface area contributed by atoms with E-state index in [1.165, 1.54) is 11.3 Å². The van der Waals surface area contributed by atoms with E-state index in [1.807, 2.05) is 0 Å². The van der Waals surface area contributed by atoms with Crippen molar-refractivity contribution in [2.24, 2.45) is 11.3 Å². The molecule has 0 spiro atoms. The van der Waals surface area contributed by atoms with E-state index in [0.717, 1.165) is 32.2 Å². The molecule has 0 amide bonds. The fourth-order valence-electron chi connectivity index (χ4n) is 4.07. The molecule has 110 valence electrons. The minimum atomic E-state index is -0.122. The van der Waals surface area contributed by atoms with Gasteiger partial charge in [-0.1, -0.05) is 32.0 Å². The number of hydrogen-bond donors (Lipinski definition) is 1. The summed E-state index contributed by atoms with van der Waals surface area (Å²) in [4.78, 5) is 2.52. The van der Waals surface area contributed by atoms with Crippen LogP contribution in [0, 0.1) is 11.3 Å². The first kappa shape index (κ1) is 13.9. The molecule has 3 rings (SSSR count). The predicted octanol–water partition coefficient (Wildman–Crippen LogP) is 3.62. The van der Waals surface area contributed by atoms with E-state index >= 15 is 0 Å². The Morgan fingerprint density at radius 3 is 2.85 bits per heavy atom. The Balaban J connectivity index is 1.77. The van der Waals surface area contributed by atoms with Gasteiger partial charge < -0.3 is 10.0 Å². The van der Waals surface area contributed by atoms with E-state index in [4.69, 9.17) is 0 Å². The number of aliphatic hydroxyl groups excluding tert-OH is 1. The first-order valence-corrected chi connectivity index (χ1v) is 7.99. The summed E-state index contributed by atoms with van der Waals surface area (Å²) in [7, 11) is 0. The molecule has 2 aliphatic rings. The number of nitrogens with zero attached hydrogens (tertiary/aromatic N) is 1. The standard InChI is InChI=1S/C18H27NO/c1-13-10-14-6-4-5-7-16(14)19(13)12-15-11-18(2,3)9-8-17(15)20/h4-7,13,15,17,20H,8-12H2,1-3H3. The number of aliphatic hydroxyl groups is 1. The summed E-state index contributed by atoms with van der Waals surface area (Å²) < 4.78 is 0. The van der Waals surface area contributed by atoms with Crippen molar-refractivity contribution < 1.29 is 5.11 Å². The third-order valence-corrected chi connectivity index (χ3v) is 5.26. The number of anilines is 1. The highest BCUT2D eigenvalue weighted by Gasteiger charge is 2.37. The number of benzene rings is 1. The summed E-state index contributed by atoms with van der Waals surface area (Å²) >= 11 is 0. The van der Waals surface area contributed by atoms with Crippen molar-refractivity contribution in [2.45, 2.75) is 58.6 Å². The van der Waals surface area contributed by atoms with Crippen LogP contribution in [0.1, 0.15) is 45.6 Å². The van der Waals surface area contributed by atoms with Crippen molar-refractivity contribution in [3.63, 3.8) is 0 Å². The number of para-hydroxylation sites is 1. The number of fused-ring (bicyclic) bond motifs is 1.